The van der Waals surface area contributed by atoms with Crippen molar-refractivity contribution in [3.63, 3.8) is 0 Å². The largest absolute Gasteiger partial charge is 0.451 e. The molecule has 2 N–H and O–H groups in total. The molecule has 0 aliphatic rings. The maximum atomic E-state index is 14.3. The van der Waals surface area contributed by atoms with Gasteiger partial charge in [-0.2, -0.15) is 23.5 Å². The fourth-order valence-corrected chi connectivity index (χ4v) is 4.19. The summed E-state index contributed by atoms with van der Waals surface area (Å²) in [6, 6.07) is 8.16. The molecule has 14 heteroatoms. The third-order valence-electron chi connectivity index (χ3n) is 5.80. The number of hydrogen-bond donors (Lipinski definition) is 1. The van der Waals surface area contributed by atoms with Crippen LogP contribution in [0.2, 0.25) is 0 Å². The molecule has 4 aromatic heterocycles. The van der Waals surface area contributed by atoms with E-state index in [-0.39, 0.29) is 33.7 Å². The Morgan fingerprint density at radius 3 is 2.51 bits per heavy atom. The van der Waals surface area contributed by atoms with Crippen LogP contribution in [0.3, 0.4) is 0 Å². The van der Waals surface area contributed by atoms with Gasteiger partial charge in [0.05, 0.1) is 23.1 Å². The summed E-state index contributed by atoms with van der Waals surface area (Å²) in [6.07, 6.45) is 0.366. The van der Waals surface area contributed by atoms with Gasteiger partial charge in [0.25, 0.3) is 0 Å². The Morgan fingerprint density at radius 1 is 1.14 bits per heavy atom. The van der Waals surface area contributed by atoms with E-state index in [0.29, 0.717) is 17.8 Å². The third kappa shape index (κ3) is 3.99. The number of nitriles is 1. The average Bonchev–Trinajstić information content (AvgIpc) is 3.49. The summed E-state index contributed by atoms with van der Waals surface area (Å²) in [5.41, 5.74) is 7.70. The zero-order valence-corrected chi connectivity index (χ0v) is 19.0. The van der Waals surface area contributed by atoms with Crippen LogP contribution < -0.4 is 5.73 Å². The molecule has 10 nitrogen and oxygen atoms in total. The molecule has 1 aromatic carbocycles. The van der Waals surface area contributed by atoms with E-state index in [1.54, 1.807) is 24.4 Å². The monoisotopic (exact) mass is 508 g/mol. The van der Waals surface area contributed by atoms with Crippen LogP contribution in [0.1, 0.15) is 42.0 Å². The minimum Gasteiger partial charge on any atom is -0.382 e. The lowest BCUT2D eigenvalue weighted by Crippen LogP contribution is -2.10. The zero-order valence-electron chi connectivity index (χ0n) is 19.0. The molecule has 0 aliphatic heterocycles. The van der Waals surface area contributed by atoms with Crippen LogP contribution in [0, 0.1) is 17.1 Å². The zero-order chi connectivity index (χ0) is 26.3. The van der Waals surface area contributed by atoms with E-state index in [9.17, 15) is 22.8 Å². The van der Waals surface area contributed by atoms with Crippen molar-refractivity contribution < 1.29 is 17.6 Å². The fourth-order valence-electron chi connectivity index (χ4n) is 4.19. The maximum absolute atomic E-state index is 14.3. The lowest BCUT2D eigenvalue weighted by atomic mass is 9.93. The van der Waals surface area contributed by atoms with Gasteiger partial charge in [0.15, 0.2) is 5.82 Å². The Morgan fingerprint density at radius 2 is 1.86 bits per heavy atom. The predicted molar refractivity (Wildman–Crippen MR) is 122 cm³/mol. The molecule has 0 radical (unpaired) electrons. The van der Waals surface area contributed by atoms with Crippen LogP contribution in [-0.2, 0) is 6.18 Å². The summed E-state index contributed by atoms with van der Waals surface area (Å²) >= 11 is 0. The topological polar surface area (TPSA) is 136 Å². The lowest BCUT2D eigenvalue weighted by molar-refractivity contribution is -0.144. The second-order valence-corrected chi connectivity index (χ2v) is 7.95. The van der Waals surface area contributed by atoms with Crippen molar-refractivity contribution in [1.29, 1.82) is 5.26 Å². The van der Waals surface area contributed by atoms with Crippen LogP contribution >= 0.6 is 0 Å². The lowest BCUT2D eigenvalue weighted by Gasteiger charge is -2.12. The molecule has 37 heavy (non-hydrogen) atoms. The van der Waals surface area contributed by atoms with Gasteiger partial charge in [-0.05, 0) is 18.6 Å². The number of rotatable bonds is 5. The molecule has 5 rings (SSSR count). The van der Waals surface area contributed by atoms with E-state index >= 15 is 0 Å². The molecule has 0 bridgehead atoms. The summed E-state index contributed by atoms with van der Waals surface area (Å²) in [4.78, 5) is 10.8. The summed E-state index contributed by atoms with van der Waals surface area (Å²) in [6.45, 7) is 1.85. The number of para-hydroxylation sites is 1. The van der Waals surface area contributed by atoms with Crippen molar-refractivity contribution in [2.24, 2.45) is 0 Å². The molecule has 0 spiro atoms. The third-order valence-corrected chi connectivity index (χ3v) is 5.80. The van der Waals surface area contributed by atoms with Crippen molar-refractivity contribution >= 4 is 11.3 Å². The van der Waals surface area contributed by atoms with Gasteiger partial charge in [-0.25, -0.2) is 28.5 Å². The van der Waals surface area contributed by atoms with Gasteiger partial charge in [-0.15, -0.1) is 5.10 Å². The first-order valence-electron chi connectivity index (χ1n) is 10.9. The number of nitrogen functional groups attached to an aromatic ring is 1. The molecule has 0 saturated carbocycles. The Bertz CT molecular complexity index is 1650. The molecular formula is C23H16F4N10. The van der Waals surface area contributed by atoms with Gasteiger partial charge in [0.1, 0.15) is 29.4 Å². The molecule has 0 amide bonds. The number of halogens is 4. The van der Waals surface area contributed by atoms with Crippen LogP contribution in [0.25, 0.3) is 22.3 Å². The van der Waals surface area contributed by atoms with Crippen LogP contribution in [0.5, 0.6) is 0 Å². The first kappa shape index (κ1) is 23.8. The molecule has 0 saturated heterocycles. The highest BCUT2D eigenvalue weighted by Crippen LogP contribution is 2.40. The quantitative estimate of drug-likeness (QED) is 0.353. The molecule has 5 aromatic rings. The average molecular weight is 508 g/mol. The molecule has 186 valence electrons. The van der Waals surface area contributed by atoms with Crippen molar-refractivity contribution in [3.8, 4) is 22.9 Å². The van der Waals surface area contributed by atoms with Crippen LogP contribution in [-0.4, -0.2) is 39.6 Å². The summed E-state index contributed by atoms with van der Waals surface area (Å²) in [7, 11) is 0. The van der Waals surface area contributed by atoms with E-state index in [1.807, 2.05) is 6.92 Å². The molecule has 0 aliphatic carbocycles. The highest BCUT2D eigenvalue weighted by atomic mass is 19.4. The van der Waals surface area contributed by atoms with Crippen LogP contribution in [0.4, 0.5) is 23.4 Å². The predicted octanol–water partition coefficient (Wildman–Crippen LogP) is 3.92. The molecule has 0 fully saturated rings. The maximum Gasteiger partial charge on any atom is 0.451 e. The van der Waals surface area contributed by atoms with E-state index < -0.39 is 23.7 Å². The van der Waals surface area contributed by atoms with Gasteiger partial charge in [0, 0.05) is 29.4 Å². The summed E-state index contributed by atoms with van der Waals surface area (Å²) in [5, 5.41) is 22.7. The van der Waals surface area contributed by atoms with Gasteiger partial charge in [-0.1, -0.05) is 24.3 Å². The van der Waals surface area contributed by atoms with E-state index in [2.05, 4.69) is 36.4 Å². The number of aromatic nitrogens is 8. The first-order chi connectivity index (χ1) is 17.7. The standard InChI is InChI=1S/C23H16F4N10/c1-2-13(16-10-36(35-34-16)17-6-4-3-5-15(17)24)19-14(7-28)18(20-21(29)32-11-33-37(19)20)12-8-30-22(31-9-12)23(25,26)27/h3-6,8-11,13H,2H2,1H3,(H2,29,32,33). The number of benzene rings is 1. The van der Waals surface area contributed by atoms with E-state index in [1.165, 1.54) is 21.6 Å². The number of anilines is 1. The fraction of sp³-hybridized carbons (Fsp3) is 0.174. The summed E-state index contributed by atoms with van der Waals surface area (Å²) < 4.78 is 56.0. The van der Waals surface area contributed by atoms with Crippen molar-refractivity contribution in [3.05, 3.63) is 77.8 Å². The minimum atomic E-state index is -4.73. The van der Waals surface area contributed by atoms with Crippen molar-refractivity contribution in [2.75, 3.05) is 5.73 Å². The molecular weight excluding hydrogens is 492 g/mol. The van der Waals surface area contributed by atoms with Gasteiger partial charge < -0.3 is 5.73 Å². The van der Waals surface area contributed by atoms with Gasteiger partial charge in [-0.3, -0.25) is 0 Å². The molecule has 1 atom stereocenters. The summed E-state index contributed by atoms with van der Waals surface area (Å²) in [5.74, 6) is -2.39. The molecule has 1 unspecified atom stereocenters. The van der Waals surface area contributed by atoms with Gasteiger partial charge in [0.2, 0.25) is 5.82 Å². The van der Waals surface area contributed by atoms with Crippen LogP contribution in [0.15, 0.2) is 49.2 Å². The Kier molecular flexibility index (Phi) is 5.75. The number of alkyl halides is 3. The number of fused-ring (bicyclic) bond motifs is 1. The SMILES string of the molecule is CCC(c1cn(-c2ccccc2F)nn1)c1c(C#N)c(-c2cnc(C(F)(F)F)nc2)c2c(N)ncnn12. The second kappa shape index (κ2) is 8.94. The normalized spacial score (nSPS) is 12.5. The smallest absolute Gasteiger partial charge is 0.382 e. The Balaban J connectivity index is 1.71. The minimum absolute atomic E-state index is 0.00230. The highest BCUT2D eigenvalue weighted by molar-refractivity contribution is 5.92. The molecule has 4 heterocycles. The van der Waals surface area contributed by atoms with E-state index in [0.717, 1.165) is 12.4 Å². The number of hydrogen-bond acceptors (Lipinski definition) is 8. The van der Waals surface area contributed by atoms with Crippen molar-refractivity contribution in [1.82, 2.24) is 39.6 Å². The van der Waals surface area contributed by atoms with E-state index in [4.69, 9.17) is 5.73 Å². The van der Waals surface area contributed by atoms with Crippen molar-refractivity contribution in [2.45, 2.75) is 25.4 Å². The highest BCUT2D eigenvalue weighted by Gasteiger charge is 2.35. The Labute approximate surface area is 206 Å². The number of nitrogens with two attached hydrogens (primary N) is 1. The second-order valence-electron chi connectivity index (χ2n) is 7.95. The first-order valence-corrected chi connectivity index (χ1v) is 10.9. The number of nitrogens with zero attached hydrogens (tertiary/aromatic N) is 9. The van der Waals surface area contributed by atoms with Gasteiger partial charge >= 0.3 is 6.18 Å². The Hall–Kier alpha value is -4.93.